The number of benzene rings is 1. The fraction of sp³-hybridized carbons (Fsp3) is 0.231. The molecule has 0 aliphatic carbocycles. The van der Waals surface area contributed by atoms with Crippen molar-refractivity contribution in [1.82, 2.24) is 9.78 Å². The minimum absolute atomic E-state index is 0.155. The number of hydrogen-bond donors (Lipinski definition) is 2. The quantitative estimate of drug-likeness (QED) is 0.870. The number of aliphatic hydroxyl groups excluding tert-OH is 1. The molecule has 6 nitrogen and oxygen atoms in total. The predicted octanol–water partition coefficient (Wildman–Crippen LogP) is 1.33. The van der Waals surface area contributed by atoms with Gasteiger partial charge in [0.2, 0.25) is 5.91 Å². The molecule has 0 radical (unpaired) electrons. The first-order valence-corrected chi connectivity index (χ1v) is 5.75. The van der Waals surface area contributed by atoms with Gasteiger partial charge in [0.15, 0.2) is 0 Å². The van der Waals surface area contributed by atoms with E-state index >= 15 is 0 Å². The van der Waals surface area contributed by atoms with E-state index in [1.165, 1.54) is 14.0 Å². The van der Waals surface area contributed by atoms with E-state index in [1.807, 2.05) is 0 Å². The zero-order valence-electron chi connectivity index (χ0n) is 10.8. The van der Waals surface area contributed by atoms with Crippen LogP contribution in [0.25, 0.3) is 5.69 Å². The van der Waals surface area contributed by atoms with Crippen molar-refractivity contribution in [2.24, 2.45) is 0 Å². The number of aliphatic hydroxyl groups is 1. The molecule has 0 spiro atoms. The van der Waals surface area contributed by atoms with Gasteiger partial charge in [-0.3, -0.25) is 4.79 Å². The largest absolute Gasteiger partial charge is 0.496 e. The number of hydrogen-bond acceptors (Lipinski definition) is 4. The van der Waals surface area contributed by atoms with Crippen LogP contribution in [0.15, 0.2) is 30.6 Å². The summed E-state index contributed by atoms with van der Waals surface area (Å²) in [5.74, 6) is 0.328. The number of anilines is 1. The number of aromatic nitrogens is 2. The Balaban J connectivity index is 2.58. The summed E-state index contributed by atoms with van der Waals surface area (Å²) in [4.78, 5) is 11.3. The lowest BCUT2D eigenvalue weighted by molar-refractivity contribution is -0.114. The lowest BCUT2D eigenvalue weighted by atomic mass is 10.1. The van der Waals surface area contributed by atoms with Crippen molar-refractivity contribution >= 4 is 11.6 Å². The third-order valence-corrected chi connectivity index (χ3v) is 2.63. The monoisotopic (exact) mass is 261 g/mol. The molecule has 0 fully saturated rings. The number of nitrogens with one attached hydrogen (secondary N) is 1. The number of rotatable bonds is 4. The van der Waals surface area contributed by atoms with E-state index in [0.29, 0.717) is 22.7 Å². The van der Waals surface area contributed by atoms with E-state index in [-0.39, 0.29) is 12.5 Å². The summed E-state index contributed by atoms with van der Waals surface area (Å²) in [6.45, 7) is 1.27. The Hall–Kier alpha value is -2.34. The maximum Gasteiger partial charge on any atom is 0.221 e. The van der Waals surface area contributed by atoms with E-state index in [0.717, 1.165) is 0 Å². The number of carbonyl (C=O) groups excluding carboxylic acids is 1. The lowest BCUT2D eigenvalue weighted by Gasteiger charge is -2.15. The number of carbonyl (C=O) groups is 1. The molecule has 0 saturated carbocycles. The van der Waals surface area contributed by atoms with Crippen LogP contribution >= 0.6 is 0 Å². The molecule has 2 aromatic rings. The molecule has 6 heteroatoms. The van der Waals surface area contributed by atoms with E-state index in [1.54, 1.807) is 35.3 Å². The first-order valence-electron chi connectivity index (χ1n) is 5.75. The SMILES string of the molecule is COc1cc(NC(C)=O)c(-n2cccn2)cc1CO. The molecule has 1 heterocycles. The molecule has 0 unspecified atom stereocenters. The second-order valence-electron chi connectivity index (χ2n) is 3.97. The Kier molecular flexibility index (Phi) is 3.82. The Bertz CT molecular complexity index is 579. The molecule has 0 saturated heterocycles. The average Bonchev–Trinajstić information content (AvgIpc) is 2.91. The molecule has 100 valence electrons. The summed E-state index contributed by atoms with van der Waals surface area (Å²) in [6.07, 6.45) is 3.40. The van der Waals surface area contributed by atoms with Crippen molar-refractivity contribution < 1.29 is 14.6 Å². The number of nitrogens with zero attached hydrogens (tertiary/aromatic N) is 2. The minimum Gasteiger partial charge on any atom is -0.496 e. The van der Waals surface area contributed by atoms with E-state index in [9.17, 15) is 9.90 Å². The van der Waals surface area contributed by atoms with Crippen LogP contribution in [-0.2, 0) is 11.4 Å². The first kappa shape index (κ1) is 13.1. The summed E-state index contributed by atoms with van der Waals surface area (Å²) >= 11 is 0. The standard InChI is InChI=1S/C13H15N3O3/c1-9(18)15-11-7-13(19-2)10(8-17)6-12(11)16-5-3-4-14-16/h3-7,17H,8H2,1-2H3,(H,15,18). The summed E-state index contributed by atoms with van der Waals surface area (Å²) in [5.41, 5.74) is 1.87. The van der Waals surface area contributed by atoms with Crippen LogP contribution in [0.3, 0.4) is 0 Å². The summed E-state index contributed by atoms with van der Waals surface area (Å²) in [6, 6.07) is 5.18. The Labute approximate surface area is 110 Å². The van der Waals surface area contributed by atoms with E-state index < -0.39 is 0 Å². The second-order valence-corrected chi connectivity index (χ2v) is 3.97. The molecule has 2 rings (SSSR count). The summed E-state index contributed by atoms with van der Waals surface area (Å²) in [5, 5.41) is 16.2. The molecule has 1 amide bonds. The molecular formula is C13H15N3O3. The Morgan fingerprint density at radius 1 is 1.53 bits per heavy atom. The van der Waals surface area contributed by atoms with Crippen molar-refractivity contribution in [3.05, 3.63) is 36.2 Å². The highest BCUT2D eigenvalue weighted by molar-refractivity contribution is 5.91. The van der Waals surface area contributed by atoms with Crippen LogP contribution in [0.4, 0.5) is 5.69 Å². The number of methoxy groups -OCH3 is 1. The van der Waals surface area contributed by atoms with Crippen molar-refractivity contribution in [3.63, 3.8) is 0 Å². The van der Waals surface area contributed by atoms with Crippen LogP contribution in [0.2, 0.25) is 0 Å². The first-order chi connectivity index (χ1) is 9.15. The maximum atomic E-state index is 11.3. The van der Waals surface area contributed by atoms with Gasteiger partial charge >= 0.3 is 0 Å². The molecule has 0 bridgehead atoms. The third kappa shape index (κ3) is 2.74. The van der Waals surface area contributed by atoms with Gasteiger partial charge in [0.05, 0.1) is 25.1 Å². The molecule has 1 aromatic carbocycles. The molecule has 0 atom stereocenters. The average molecular weight is 261 g/mol. The van der Waals surface area contributed by atoms with Crippen molar-refractivity contribution in [2.45, 2.75) is 13.5 Å². The van der Waals surface area contributed by atoms with Crippen molar-refractivity contribution in [3.8, 4) is 11.4 Å². The fourth-order valence-corrected chi connectivity index (χ4v) is 1.82. The van der Waals surface area contributed by atoms with Crippen molar-refractivity contribution in [1.29, 1.82) is 0 Å². The molecule has 0 aliphatic rings. The predicted molar refractivity (Wildman–Crippen MR) is 70.3 cm³/mol. The third-order valence-electron chi connectivity index (χ3n) is 2.63. The van der Waals surface area contributed by atoms with Gasteiger partial charge in [-0.25, -0.2) is 4.68 Å². The summed E-state index contributed by atoms with van der Waals surface area (Å²) < 4.78 is 6.80. The second kappa shape index (κ2) is 5.53. The van der Waals surface area contributed by atoms with Crippen LogP contribution < -0.4 is 10.1 Å². The highest BCUT2D eigenvalue weighted by Gasteiger charge is 2.12. The van der Waals surface area contributed by atoms with Gasteiger partial charge < -0.3 is 15.2 Å². The smallest absolute Gasteiger partial charge is 0.221 e. The van der Waals surface area contributed by atoms with Gasteiger partial charge in [0, 0.05) is 30.9 Å². The van der Waals surface area contributed by atoms with Gasteiger partial charge in [0.1, 0.15) is 5.75 Å². The number of ether oxygens (including phenoxy) is 1. The summed E-state index contributed by atoms with van der Waals surface area (Å²) in [7, 11) is 1.51. The minimum atomic E-state index is -0.188. The normalized spacial score (nSPS) is 10.3. The van der Waals surface area contributed by atoms with Gasteiger partial charge in [-0.2, -0.15) is 5.10 Å². The Morgan fingerprint density at radius 2 is 2.32 bits per heavy atom. The van der Waals surface area contributed by atoms with Crippen LogP contribution in [0, 0.1) is 0 Å². The van der Waals surface area contributed by atoms with E-state index in [4.69, 9.17) is 4.74 Å². The molecule has 19 heavy (non-hydrogen) atoms. The zero-order valence-corrected chi connectivity index (χ0v) is 10.8. The molecule has 0 aliphatic heterocycles. The van der Waals surface area contributed by atoms with Gasteiger partial charge in [-0.05, 0) is 12.1 Å². The highest BCUT2D eigenvalue weighted by atomic mass is 16.5. The van der Waals surface area contributed by atoms with Crippen LogP contribution in [-0.4, -0.2) is 27.9 Å². The van der Waals surface area contributed by atoms with Crippen LogP contribution in [0.1, 0.15) is 12.5 Å². The van der Waals surface area contributed by atoms with Gasteiger partial charge in [-0.15, -0.1) is 0 Å². The highest BCUT2D eigenvalue weighted by Crippen LogP contribution is 2.29. The van der Waals surface area contributed by atoms with Crippen LogP contribution in [0.5, 0.6) is 5.75 Å². The lowest BCUT2D eigenvalue weighted by Crippen LogP contribution is -2.10. The van der Waals surface area contributed by atoms with Gasteiger partial charge in [-0.1, -0.05) is 0 Å². The number of amides is 1. The molecule has 2 N–H and O–H groups in total. The molecular weight excluding hydrogens is 246 g/mol. The molecule has 1 aromatic heterocycles. The fourth-order valence-electron chi connectivity index (χ4n) is 1.82. The van der Waals surface area contributed by atoms with Gasteiger partial charge in [0.25, 0.3) is 0 Å². The topological polar surface area (TPSA) is 76.4 Å². The Morgan fingerprint density at radius 3 is 2.84 bits per heavy atom. The van der Waals surface area contributed by atoms with Crippen molar-refractivity contribution in [2.75, 3.05) is 12.4 Å². The maximum absolute atomic E-state index is 11.3. The van der Waals surface area contributed by atoms with E-state index in [2.05, 4.69) is 10.4 Å². The zero-order chi connectivity index (χ0) is 13.8.